The topological polar surface area (TPSA) is 231 Å². The van der Waals surface area contributed by atoms with Crippen LogP contribution < -0.4 is 10.2 Å². The zero-order chi connectivity index (χ0) is 24.9. The van der Waals surface area contributed by atoms with E-state index in [1.165, 1.54) is 6.07 Å². The molecule has 0 saturated carbocycles. The maximum atomic E-state index is 12.8. The summed E-state index contributed by atoms with van der Waals surface area (Å²) in [5.74, 6) is -4.84. The first-order chi connectivity index (χ1) is 16.0. The average Bonchev–Trinajstić information content (AvgIpc) is 2.80. The van der Waals surface area contributed by atoms with Gasteiger partial charge in [0.15, 0.2) is 28.6 Å². The molecule has 0 radical (unpaired) electrons. The first-order valence-electron chi connectivity index (χ1n) is 9.79. The molecule has 9 N–H and O–H groups in total. The summed E-state index contributed by atoms with van der Waals surface area (Å²) < 4.78 is 16.2. The van der Waals surface area contributed by atoms with Crippen LogP contribution in [0.5, 0.6) is 34.5 Å². The van der Waals surface area contributed by atoms with Crippen LogP contribution >= 0.6 is 0 Å². The summed E-state index contributed by atoms with van der Waals surface area (Å²) in [6.07, 6.45) is -8.50. The summed E-state index contributed by atoms with van der Waals surface area (Å²) in [5, 5.41) is 89.0. The number of hydrogen-bond donors (Lipinski definition) is 9. The quantitative estimate of drug-likeness (QED) is 0.208. The third-order valence-corrected chi connectivity index (χ3v) is 5.38. The molecule has 3 aromatic rings. The van der Waals surface area contributed by atoms with E-state index in [1.54, 1.807) is 0 Å². The summed E-state index contributed by atoms with van der Waals surface area (Å²) in [5.41, 5.74) is -1.84. The Kier molecular flexibility index (Phi) is 5.89. The third kappa shape index (κ3) is 3.70. The van der Waals surface area contributed by atoms with Gasteiger partial charge in [0.05, 0.1) is 6.61 Å². The molecule has 0 unspecified atom stereocenters. The Morgan fingerprint density at radius 2 is 1.56 bits per heavy atom. The van der Waals surface area contributed by atoms with Gasteiger partial charge in [0.25, 0.3) is 0 Å². The van der Waals surface area contributed by atoms with Crippen molar-refractivity contribution in [3.8, 4) is 45.8 Å². The Morgan fingerprint density at radius 3 is 2.21 bits per heavy atom. The number of rotatable bonds is 4. The lowest BCUT2D eigenvalue weighted by Crippen LogP contribution is -2.60. The van der Waals surface area contributed by atoms with E-state index in [9.17, 15) is 50.8 Å². The zero-order valence-corrected chi connectivity index (χ0v) is 17.1. The molecule has 34 heavy (non-hydrogen) atoms. The predicted molar refractivity (Wildman–Crippen MR) is 111 cm³/mol. The molecule has 182 valence electrons. The molecule has 1 aliphatic heterocycles. The highest BCUT2D eigenvalue weighted by molar-refractivity contribution is 5.93. The van der Waals surface area contributed by atoms with Crippen LogP contribution in [-0.4, -0.2) is 83.3 Å². The van der Waals surface area contributed by atoms with E-state index in [-0.39, 0.29) is 5.56 Å². The Labute approximate surface area is 189 Å². The van der Waals surface area contributed by atoms with Crippen molar-refractivity contribution in [2.24, 2.45) is 0 Å². The lowest BCUT2D eigenvalue weighted by atomic mass is 9.99. The zero-order valence-electron chi connectivity index (χ0n) is 17.1. The van der Waals surface area contributed by atoms with Gasteiger partial charge in [0.2, 0.25) is 23.2 Å². The van der Waals surface area contributed by atoms with Crippen LogP contribution in [0, 0.1) is 0 Å². The van der Waals surface area contributed by atoms with Crippen molar-refractivity contribution in [2.75, 3.05) is 6.61 Å². The molecule has 0 spiro atoms. The standard InChI is InChI=1S/C21H20O13/c22-5-11-13(27)15(29)17(31)21(32-11)34-19-10(26)4-9(25)12-14(28)16(30)18(33-20(12)19)6-1-2-7(23)8(24)3-6/h1-4,11,13,15,17,21-27,29-31H,5H2/t11-,13+,15+,17-,21+/m0/s1. The number of phenols is 4. The summed E-state index contributed by atoms with van der Waals surface area (Å²) in [7, 11) is 0. The largest absolute Gasteiger partial charge is 0.507 e. The number of ether oxygens (including phenoxy) is 2. The highest BCUT2D eigenvalue weighted by Gasteiger charge is 2.45. The molecule has 13 nitrogen and oxygen atoms in total. The monoisotopic (exact) mass is 480 g/mol. The van der Waals surface area contributed by atoms with Gasteiger partial charge in [0.1, 0.15) is 35.6 Å². The van der Waals surface area contributed by atoms with E-state index in [1.807, 2.05) is 0 Å². The second-order valence-corrected chi connectivity index (χ2v) is 7.58. The van der Waals surface area contributed by atoms with Gasteiger partial charge >= 0.3 is 0 Å². The van der Waals surface area contributed by atoms with Gasteiger partial charge in [0, 0.05) is 11.6 Å². The van der Waals surface area contributed by atoms with Crippen molar-refractivity contribution in [2.45, 2.75) is 30.7 Å². The summed E-state index contributed by atoms with van der Waals surface area (Å²) in [4.78, 5) is 12.8. The molecule has 5 atom stereocenters. The first kappa shape index (κ1) is 23.4. The molecular formula is C21H20O13. The van der Waals surface area contributed by atoms with E-state index in [2.05, 4.69) is 0 Å². The van der Waals surface area contributed by atoms with Crippen molar-refractivity contribution in [1.82, 2.24) is 0 Å². The van der Waals surface area contributed by atoms with Crippen LogP contribution in [-0.2, 0) is 4.74 Å². The van der Waals surface area contributed by atoms with Gasteiger partial charge in [-0.2, -0.15) is 0 Å². The minimum absolute atomic E-state index is 0.0755. The Balaban J connectivity index is 1.89. The second-order valence-electron chi connectivity index (χ2n) is 7.58. The molecule has 0 amide bonds. The van der Waals surface area contributed by atoms with E-state index in [0.717, 1.165) is 12.1 Å². The van der Waals surface area contributed by atoms with E-state index >= 15 is 0 Å². The van der Waals surface area contributed by atoms with Crippen LogP contribution in [0.15, 0.2) is 33.5 Å². The predicted octanol–water partition coefficient (Wildman–Crippen LogP) is -0.833. The molecular weight excluding hydrogens is 460 g/mol. The molecule has 2 aromatic carbocycles. The number of benzene rings is 2. The summed E-state index contributed by atoms with van der Waals surface area (Å²) >= 11 is 0. The van der Waals surface area contributed by atoms with Crippen molar-refractivity contribution in [3.05, 3.63) is 34.5 Å². The van der Waals surface area contributed by atoms with Crippen molar-refractivity contribution >= 4 is 11.0 Å². The van der Waals surface area contributed by atoms with Gasteiger partial charge in [-0.25, -0.2) is 0 Å². The summed E-state index contributed by atoms with van der Waals surface area (Å²) in [6, 6.07) is 3.92. The van der Waals surface area contributed by atoms with Gasteiger partial charge in [-0.1, -0.05) is 0 Å². The lowest BCUT2D eigenvalue weighted by molar-refractivity contribution is -0.277. The fraction of sp³-hybridized carbons (Fsp3) is 0.286. The van der Waals surface area contributed by atoms with Crippen LogP contribution in [0.1, 0.15) is 0 Å². The van der Waals surface area contributed by atoms with Gasteiger partial charge in [-0.05, 0) is 18.2 Å². The maximum absolute atomic E-state index is 12.8. The van der Waals surface area contributed by atoms with Gasteiger partial charge < -0.3 is 59.8 Å². The van der Waals surface area contributed by atoms with Crippen molar-refractivity contribution in [1.29, 1.82) is 0 Å². The minimum Gasteiger partial charge on any atom is -0.507 e. The Bertz CT molecular complexity index is 1300. The van der Waals surface area contributed by atoms with Crippen LogP contribution in [0.25, 0.3) is 22.3 Å². The average molecular weight is 480 g/mol. The van der Waals surface area contributed by atoms with Crippen molar-refractivity contribution in [3.63, 3.8) is 0 Å². The molecule has 2 heterocycles. The highest BCUT2D eigenvalue weighted by atomic mass is 16.7. The molecule has 1 saturated heterocycles. The minimum atomic E-state index is -1.88. The van der Waals surface area contributed by atoms with E-state index in [0.29, 0.717) is 6.07 Å². The number of aliphatic hydroxyl groups excluding tert-OH is 4. The molecule has 1 aromatic heterocycles. The SMILES string of the molecule is O=c1c(O)c(-c2ccc(O)c(O)c2)oc2c(O[C@H]3O[C@@H](CO)[C@@H](O)[C@@H](O)[C@@H]3O)c(O)cc(O)c12. The van der Waals surface area contributed by atoms with E-state index < -0.39 is 94.0 Å². The van der Waals surface area contributed by atoms with Crippen LogP contribution in [0.3, 0.4) is 0 Å². The number of fused-ring (bicyclic) bond motifs is 1. The Morgan fingerprint density at radius 1 is 0.853 bits per heavy atom. The fourth-order valence-corrected chi connectivity index (χ4v) is 3.56. The van der Waals surface area contributed by atoms with Crippen molar-refractivity contribution < 1.29 is 59.8 Å². The normalized spacial score (nSPS) is 24.9. The summed E-state index contributed by atoms with van der Waals surface area (Å²) in [6.45, 7) is -0.759. The maximum Gasteiger partial charge on any atom is 0.238 e. The van der Waals surface area contributed by atoms with Gasteiger partial charge in [-0.3, -0.25) is 4.79 Å². The number of phenolic OH excluding ortho intramolecular Hbond substituents is 4. The van der Waals surface area contributed by atoms with E-state index in [4.69, 9.17) is 13.9 Å². The van der Waals surface area contributed by atoms with Crippen LogP contribution in [0.4, 0.5) is 0 Å². The Hall–Kier alpha value is -3.75. The molecule has 4 rings (SSSR count). The smallest absolute Gasteiger partial charge is 0.238 e. The second kappa shape index (κ2) is 8.55. The lowest BCUT2D eigenvalue weighted by Gasteiger charge is -2.39. The number of hydrogen-bond acceptors (Lipinski definition) is 13. The molecule has 1 aliphatic rings. The fourth-order valence-electron chi connectivity index (χ4n) is 3.56. The first-order valence-corrected chi connectivity index (χ1v) is 9.79. The molecule has 1 fully saturated rings. The molecule has 13 heteroatoms. The number of aromatic hydroxyl groups is 5. The molecule has 0 aliphatic carbocycles. The van der Waals surface area contributed by atoms with Crippen LogP contribution in [0.2, 0.25) is 0 Å². The van der Waals surface area contributed by atoms with Gasteiger partial charge in [-0.15, -0.1) is 0 Å². The third-order valence-electron chi connectivity index (χ3n) is 5.38. The molecule has 0 bridgehead atoms. The highest BCUT2D eigenvalue weighted by Crippen LogP contribution is 2.44. The number of aliphatic hydroxyl groups is 4.